The Kier molecular flexibility index (Phi) is 3.28. The molecule has 1 atom stereocenters. The van der Waals surface area contributed by atoms with E-state index in [0.29, 0.717) is 11.5 Å². The Bertz CT molecular complexity index is 750. The van der Waals surface area contributed by atoms with E-state index < -0.39 is 11.6 Å². The van der Waals surface area contributed by atoms with Crippen molar-refractivity contribution in [2.24, 2.45) is 0 Å². The first-order valence-corrected chi connectivity index (χ1v) is 7.17. The van der Waals surface area contributed by atoms with Gasteiger partial charge in [0.1, 0.15) is 11.5 Å². The molecule has 0 aliphatic carbocycles. The standard InChI is InChI=1S/C17H18N2O3/c1-11-6-4-5-7-13(11)10-19-15(20)17(3,18-16(19)21)14-9-8-12(2)22-14/h4-9H,10H2,1-3H3,(H,18,21)/t17-/m1/s1. The molecule has 0 radical (unpaired) electrons. The highest BCUT2D eigenvalue weighted by Crippen LogP contribution is 2.31. The van der Waals surface area contributed by atoms with E-state index in [0.717, 1.165) is 11.1 Å². The lowest BCUT2D eigenvalue weighted by Crippen LogP contribution is -2.40. The predicted molar refractivity (Wildman–Crippen MR) is 81.1 cm³/mol. The highest BCUT2D eigenvalue weighted by Gasteiger charge is 2.51. The van der Waals surface area contributed by atoms with Gasteiger partial charge in [-0.3, -0.25) is 9.69 Å². The van der Waals surface area contributed by atoms with Crippen molar-refractivity contribution in [2.75, 3.05) is 0 Å². The van der Waals surface area contributed by atoms with Gasteiger partial charge >= 0.3 is 6.03 Å². The number of furan rings is 1. The van der Waals surface area contributed by atoms with Crippen LogP contribution in [0.5, 0.6) is 0 Å². The normalized spacial score (nSPS) is 21.3. The molecule has 1 fully saturated rings. The Hall–Kier alpha value is -2.56. The Morgan fingerprint density at radius 2 is 1.86 bits per heavy atom. The van der Waals surface area contributed by atoms with Gasteiger partial charge in [-0.25, -0.2) is 4.79 Å². The number of nitrogens with zero attached hydrogens (tertiary/aromatic N) is 1. The molecule has 114 valence electrons. The molecule has 2 aromatic rings. The van der Waals surface area contributed by atoms with E-state index in [1.807, 2.05) is 31.2 Å². The van der Waals surface area contributed by atoms with Crippen molar-refractivity contribution in [1.82, 2.24) is 10.2 Å². The van der Waals surface area contributed by atoms with Crippen LogP contribution in [-0.2, 0) is 16.9 Å². The van der Waals surface area contributed by atoms with Crippen molar-refractivity contribution in [3.63, 3.8) is 0 Å². The van der Waals surface area contributed by atoms with Crippen LogP contribution in [-0.4, -0.2) is 16.8 Å². The van der Waals surface area contributed by atoms with E-state index in [1.54, 1.807) is 26.0 Å². The highest BCUT2D eigenvalue weighted by atomic mass is 16.3. The number of urea groups is 1. The lowest BCUT2D eigenvalue weighted by atomic mass is 9.99. The molecule has 1 aliphatic heterocycles. The van der Waals surface area contributed by atoms with Crippen LogP contribution >= 0.6 is 0 Å². The molecule has 22 heavy (non-hydrogen) atoms. The molecule has 3 rings (SSSR count). The van der Waals surface area contributed by atoms with Crippen molar-refractivity contribution in [3.8, 4) is 0 Å². The molecule has 0 spiro atoms. The summed E-state index contributed by atoms with van der Waals surface area (Å²) in [6.45, 7) is 5.69. The van der Waals surface area contributed by atoms with Gasteiger partial charge in [-0.15, -0.1) is 0 Å². The van der Waals surface area contributed by atoms with Crippen molar-refractivity contribution in [1.29, 1.82) is 0 Å². The molecule has 3 amide bonds. The minimum atomic E-state index is -1.14. The molecule has 1 aromatic carbocycles. The summed E-state index contributed by atoms with van der Waals surface area (Å²) in [5.74, 6) is 0.862. The molecule has 5 heteroatoms. The fourth-order valence-corrected chi connectivity index (χ4v) is 2.67. The number of hydrogen-bond acceptors (Lipinski definition) is 3. The average molecular weight is 298 g/mol. The SMILES string of the molecule is Cc1ccc([C@@]2(C)NC(=O)N(Cc3ccccc3C)C2=O)o1. The van der Waals surface area contributed by atoms with Gasteiger partial charge in [0, 0.05) is 0 Å². The zero-order valence-electron chi connectivity index (χ0n) is 12.8. The summed E-state index contributed by atoms with van der Waals surface area (Å²) in [5.41, 5.74) is 0.852. The topological polar surface area (TPSA) is 62.6 Å². The lowest BCUT2D eigenvalue weighted by molar-refractivity contribution is -0.132. The fourth-order valence-electron chi connectivity index (χ4n) is 2.67. The first kappa shape index (κ1) is 14.4. The Morgan fingerprint density at radius 1 is 1.14 bits per heavy atom. The van der Waals surface area contributed by atoms with Gasteiger partial charge in [0.15, 0.2) is 5.54 Å². The maximum Gasteiger partial charge on any atom is 0.325 e. The number of amides is 3. The van der Waals surface area contributed by atoms with Crippen LogP contribution in [0, 0.1) is 13.8 Å². The minimum absolute atomic E-state index is 0.257. The van der Waals surface area contributed by atoms with E-state index in [9.17, 15) is 9.59 Å². The number of carbonyl (C=O) groups excluding carboxylic acids is 2. The summed E-state index contributed by atoms with van der Waals surface area (Å²) >= 11 is 0. The number of carbonyl (C=O) groups is 2. The monoisotopic (exact) mass is 298 g/mol. The van der Waals surface area contributed by atoms with Crippen LogP contribution in [0.4, 0.5) is 4.79 Å². The largest absolute Gasteiger partial charge is 0.463 e. The third-order valence-corrected chi connectivity index (χ3v) is 4.10. The number of aryl methyl sites for hydroxylation is 2. The van der Waals surface area contributed by atoms with Crippen molar-refractivity contribution in [2.45, 2.75) is 32.9 Å². The smallest absolute Gasteiger partial charge is 0.325 e. The highest BCUT2D eigenvalue weighted by molar-refractivity contribution is 6.06. The number of hydrogen-bond donors (Lipinski definition) is 1. The molecule has 2 heterocycles. The molecular weight excluding hydrogens is 280 g/mol. The van der Waals surface area contributed by atoms with Crippen LogP contribution in [0.25, 0.3) is 0 Å². The Labute approximate surface area is 128 Å². The average Bonchev–Trinajstić information content (AvgIpc) is 3.00. The van der Waals surface area contributed by atoms with Gasteiger partial charge in [0.2, 0.25) is 0 Å². The molecule has 1 aromatic heterocycles. The first-order valence-electron chi connectivity index (χ1n) is 7.17. The summed E-state index contributed by atoms with van der Waals surface area (Å²) in [4.78, 5) is 26.2. The first-order chi connectivity index (χ1) is 10.4. The van der Waals surface area contributed by atoms with Crippen LogP contribution in [0.15, 0.2) is 40.8 Å². The third kappa shape index (κ3) is 2.19. The third-order valence-electron chi connectivity index (χ3n) is 4.10. The van der Waals surface area contributed by atoms with E-state index in [1.165, 1.54) is 4.90 Å². The van der Waals surface area contributed by atoms with Gasteiger partial charge < -0.3 is 9.73 Å². The predicted octanol–water partition coefficient (Wildman–Crippen LogP) is 2.86. The minimum Gasteiger partial charge on any atom is -0.463 e. The van der Waals surface area contributed by atoms with E-state index in [-0.39, 0.29) is 12.5 Å². The summed E-state index contributed by atoms with van der Waals surface area (Å²) in [6.07, 6.45) is 0. The van der Waals surface area contributed by atoms with Gasteiger partial charge in [-0.1, -0.05) is 24.3 Å². The molecule has 5 nitrogen and oxygen atoms in total. The van der Waals surface area contributed by atoms with Crippen molar-refractivity contribution in [3.05, 3.63) is 59.0 Å². The number of benzene rings is 1. The number of imide groups is 1. The summed E-state index contributed by atoms with van der Waals surface area (Å²) in [5, 5.41) is 2.74. The second-order valence-electron chi connectivity index (χ2n) is 5.78. The van der Waals surface area contributed by atoms with Gasteiger partial charge in [-0.05, 0) is 44.0 Å². The van der Waals surface area contributed by atoms with Crippen molar-refractivity contribution >= 4 is 11.9 Å². The summed E-state index contributed by atoms with van der Waals surface area (Å²) in [6, 6.07) is 10.8. The van der Waals surface area contributed by atoms with Gasteiger partial charge in [0.25, 0.3) is 5.91 Å². The Balaban J connectivity index is 1.90. The lowest BCUT2D eigenvalue weighted by Gasteiger charge is -2.19. The second-order valence-corrected chi connectivity index (χ2v) is 5.78. The molecule has 1 saturated heterocycles. The van der Waals surface area contributed by atoms with Crippen LogP contribution < -0.4 is 5.32 Å². The zero-order chi connectivity index (χ0) is 15.9. The zero-order valence-corrected chi connectivity index (χ0v) is 12.8. The van der Waals surface area contributed by atoms with E-state index in [2.05, 4.69) is 5.32 Å². The maximum atomic E-state index is 12.7. The van der Waals surface area contributed by atoms with Crippen LogP contribution in [0.2, 0.25) is 0 Å². The van der Waals surface area contributed by atoms with Crippen LogP contribution in [0.3, 0.4) is 0 Å². The van der Waals surface area contributed by atoms with E-state index in [4.69, 9.17) is 4.42 Å². The van der Waals surface area contributed by atoms with Gasteiger partial charge in [-0.2, -0.15) is 0 Å². The Morgan fingerprint density at radius 3 is 2.50 bits per heavy atom. The van der Waals surface area contributed by atoms with Crippen molar-refractivity contribution < 1.29 is 14.0 Å². The number of nitrogens with one attached hydrogen (secondary N) is 1. The molecule has 0 saturated carbocycles. The summed E-state index contributed by atoms with van der Waals surface area (Å²) < 4.78 is 5.55. The van der Waals surface area contributed by atoms with Gasteiger partial charge in [0.05, 0.1) is 6.54 Å². The molecule has 1 aliphatic rings. The quantitative estimate of drug-likeness (QED) is 0.886. The van der Waals surface area contributed by atoms with Crippen LogP contribution in [0.1, 0.15) is 29.6 Å². The number of rotatable bonds is 3. The van der Waals surface area contributed by atoms with E-state index >= 15 is 0 Å². The second kappa shape index (κ2) is 5.02. The summed E-state index contributed by atoms with van der Waals surface area (Å²) in [7, 11) is 0. The molecule has 0 unspecified atom stereocenters. The molecular formula is C17H18N2O3. The molecule has 1 N–H and O–H groups in total. The maximum absolute atomic E-state index is 12.7. The molecule has 0 bridgehead atoms. The fraction of sp³-hybridized carbons (Fsp3) is 0.294.